The van der Waals surface area contributed by atoms with Crippen molar-refractivity contribution >= 4 is 5.84 Å². The number of nitrogens with two attached hydrogens (primary N) is 1. The molecule has 5 rings (SSSR count). The Balaban J connectivity index is 1.17. The minimum absolute atomic E-state index is 0.222. The van der Waals surface area contributed by atoms with Crippen LogP contribution in [0.15, 0.2) is 101 Å². The van der Waals surface area contributed by atoms with E-state index in [2.05, 4.69) is 66.8 Å². The number of rotatable bonds is 8. The fraction of sp³-hybridized carbons (Fsp3) is 0.441. The predicted octanol–water partition coefficient (Wildman–Crippen LogP) is 8.79. The topological polar surface area (TPSA) is 49.9 Å². The van der Waals surface area contributed by atoms with Gasteiger partial charge in [0.05, 0.1) is 0 Å². The van der Waals surface area contributed by atoms with E-state index in [1.54, 1.807) is 11.1 Å². The molecule has 0 amide bonds. The molecular formula is C34H42N2. The Morgan fingerprint density at radius 2 is 1.78 bits per heavy atom. The van der Waals surface area contributed by atoms with E-state index in [4.69, 9.17) is 11.1 Å². The Labute approximate surface area is 218 Å². The first kappa shape index (κ1) is 24.8. The van der Waals surface area contributed by atoms with Gasteiger partial charge in [-0.25, -0.2) is 0 Å². The Kier molecular flexibility index (Phi) is 7.90. The van der Waals surface area contributed by atoms with Crippen LogP contribution in [0.25, 0.3) is 0 Å². The summed E-state index contributed by atoms with van der Waals surface area (Å²) in [7, 11) is 0. The summed E-state index contributed by atoms with van der Waals surface area (Å²) >= 11 is 0. The first-order valence-electron chi connectivity index (χ1n) is 14.2. The Bertz CT molecular complexity index is 1130. The second-order valence-corrected chi connectivity index (χ2v) is 11.3. The molecule has 1 fully saturated rings. The summed E-state index contributed by atoms with van der Waals surface area (Å²) in [5, 5.41) is 7.63. The average Bonchev–Trinajstić information content (AvgIpc) is 2.93. The van der Waals surface area contributed by atoms with Gasteiger partial charge in [0.1, 0.15) is 5.84 Å². The van der Waals surface area contributed by atoms with Crippen LogP contribution in [0.5, 0.6) is 0 Å². The molecule has 1 unspecified atom stereocenters. The fourth-order valence-corrected chi connectivity index (χ4v) is 6.74. The Morgan fingerprint density at radius 3 is 2.47 bits per heavy atom. The van der Waals surface area contributed by atoms with Crippen LogP contribution in [-0.4, -0.2) is 5.84 Å². The molecule has 2 nitrogen and oxygen atoms in total. The number of amidine groups is 1. The van der Waals surface area contributed by atoms with Gasteiger partial charge in [-0.05, 0) is 86.8 Å². The molecule has 1 aromatic carbocycles. The predicted molar refractivity (Wildman–Crippen MR) is 153 cm³/mol. The normalized spacial score (nSPS) is 23.7. The van der Waals surface area contributed by atoms with Crippen LogP contribution in [0.2, 0.25) is 0 Å². The van der Waals surface area contributed by atoms with Crippen molar-refractivity contribution in [3.63, 3.8) is 0 Å². The maximum absolute atomic E-state index is 7.63. The second-order valence-electron chi connectivity index (χ2n) is 11.3. The minimum Gasteiger partial charge on any atom is -0.384 e. The molecule has 0 aliphatic heterocycles. The van der Waals surface area contributed by atoms with E-state index in [1.807, 2.05) is 6.08 Å². The number of benzene rings is 1. The highest BCUT2D eigenvalue weighted by molar-refractivity contribution is 5.94. The van der Waals surface area contributed by atoms with Crippen molar-refractivity contribution in [2.24, 2.45) is 11.7 Å². The van der Waals surface area contributed by atoms with E-state index in [9.17, 15) is 0 Å². The van der Waals surface area contributed by atoms with Gasteiger partial charge in [-0.2, -0.15) is 0 Å². The number of hydrogen-bond acceptors (Lipinski definition) is 1. The van der Waals surface area contributed by atoms with E-state index in [-0.39, 0.29) is 11.3 Å². The molecule has 188 valence electrons. The molecule has 4 aliphatic carbocycles. The summed E-state index contributed by atoms with van der Waals surface area (Å²) < 4.78 is 0. The van der Waals surface area contributed by atoms with E-state index < -0.39 is 0 Å². The zero-order chi connectivity index (χ0) is 24.8. The molecule has 1 atom stereocenters. The molecule has 0 saturated heterocycles. The molecule has 4 aliphatic rings. The van der Waals surface area contributed by atoms with Crippen LogP contribution in [0.3, 0.4) is 0 Å². The molecule has 2 heteroatoms. The van der Waals surface area contributed by atoms with Gasteiger partial charge in [-0.3, -0.25) is 5.41 Å². The smallest absolute Gasteiger partial charge is 0.118 e. The summed E-state index contributed by atoms with van der Waals surface area (Å²) in [5.74, 6) is 0.876. The second kappa shape index (κ2) is 11.5. The van der Waals surface area contributed by atoms with Crippen LogP contribution < -0.4 is 5.73 Å². The van der Waals surface area contributed by atoms with Gasteiger partial charge in [0.2, 0.25) is 0 Å². The van der Waals surface area contributed by atoms with Crippen molar-refractivity contribution in [3.8, 4) is 0 Å². The van der Waals surface area contributed by atoms with Crippen LogP contribution >= 0.6 is 0 Å². The largest absolute Gasteiger partial charge is 0.384 e. The summed E-state index contributed by atoms with van der Waals surface area (Å²) in [6.07, 6.45) is 32.4. The van der Waals surface area contributed by atoms with Gasteiger partial charge in [0.25, 0.3) is 0 Å². The summed E-state index contributed by atoms with van der Waals surface area (Å²) in [5.41, 5.74) is 14.5. The Hall–Kier alpha value is -2.87. The van der Waals surface area contributed by atoms with Crippen molar-refractivity contribution in [1.29, 1.82) is 5.41 Å². The summed E-state index contributed by atoms with van der Waals surface area (Å²) in [4.78, 5) is 0. The van der Waals surface area contributed by atoms with Gasteiger partial charge >= 0.3 is 0 Å². The molecule has 0 radical (unpaired) electrons. The average molecular weight is 479 g/mol. The number of hydrogen-bond donors (Lipinski definition) is 2. The van der Waals surface area contributed by atoms with Gasteiger partial charge in [0, 0.05) is 5.41 Å². The monoisotopic (exact) mass is 478 g/mol. The standard InChI is InChI=1S/C34H42N2/c35-33(36)30-18-14-28(15-19-30)25-29-9-7-8-27(24-29)13-12-26-16-20-32(21-17-26)34(22-5-2-6-23-34)31-10-3-1-4-11-31/h1,3-4,8,10-11,14,16,18,20-21,24,26H,2,5-7,9,12-13,15,17,19,22-23,25H2,(H3,35,36). The number of allylic oxidation sites excluding steroid dienone is 11. The lowest BCUT2D eigenvalue weighted by Crippen LogP contribution is -2.31. The highest BCUT2D eigenvalue weighted by atomic mass is 14.7. The van der Waals surface area contributed by atoms with E-state index in [1.165, 1.54) is 80.9 Å². The van der Waals surface area contributed by atoms with Crippen molar-refractivity contribution < 1.29 is 0 Å². The molecular weight excluding hydrogens is 436 g/mol. The van der Waals surface area contributed by atoms with E-state index in [0.717, 1.165) is 24.8 Å². The zero-order valence-corrected chi connectivity index (χ0v) is 21.8. The molecule has 1 aromatic rings. The summed E-state index contributed by atoms with van der Waals surface area (Å²) in [6.45, 7) is 0. The zero-order valence-electron chi connectivity index (χ0n) is 21.8. The molecule has 0 bridgehead atoms. The maximum Gasteiger partial charge on any atom is 0.118 e. The van der Waals surface area contributed by atoms with Gasteiger partial charge in [0.15, 0.2) is 0 Å². The van der Waals surface area contributed by atoms with Crippen LogP contribution in [0.1, 0.15) is 89.0 Å². The van der Waals surface area contributed by atoms with E-state index in [0.29, 0.717) is 5.92 Å². The van der Waals surface area contributed by atoms with Gasteiger partial charge in [-0.15, -0.1) is 0 Å². The molecule has 0 heterocycles. The molecule has 0 spiro atoms. The van der Waals surface area contributed by atoms with Crippen LogP contribution in [-0.2, 0) is 5.41 Å². The third-order valence-electron chi connectivity index (χ3n) is 8.88. The first-order valence-corrected chi connectivity index (χ1v) is 14.2. The van der Waals surface area contributed by atoms with Gasteiger partial charge < -0.3 is 5.73 Å². The van der Waals surface area contributed by atoms with Crippen LogP contribution in [0, 0.1) is 11.3 Å². The van der Waals surface area contributed by atoms with Crippen molar-refractivity contribution in [1.82, 2.24) is 0 Å². The highest BCUT2D eigenvalue weighted by Gasteiger charge is 2.37. The lowest BCUT2D eigenvalue weighted by Gasteiger charge is -2.40. The lowest BCUT2D eigenvalue weighted by molar-refractivity contribution is 0.342. The van der Waals surface area contributed by atoms with Crippen molar-refractivity contribution in [2.45, 2.75) is 88.9 Å². The SMILES string of the molecule is N=C(N)C1=CC=C(CC2=CC(CCC3C=CC(C4(c5ccccc5)CCCCC4)=CC3)=CCC2)CC1. The quantitative estimate of drug-likeness (QED) is 0.285. The number of nitrogens with one attached hydrogen (secondary N) is 1. The molecule has 36 heavy (non-hydrogen) atoms. The minimum atomic E-state index is 0.222. The van der Waals surface area contributed by atoms with Crippen molar-refractivity contribution in [2.75, 3.05) is 0 Å². The van der Waals surface area contributed by atoms with Crippen molar-refractivity contribution in [3.05, 3.63) is 106 Å². The molecule has 3 N–H and O–H groups in total. The highest BCUT2D eigenvalue weighted by Crippen LogP contribution is 2.47. The first-order chi connectivity index (χ1) is 17.6. The summed E-state index contributed by atoms with van der Waals surface area (Å²) in [6, 6.07) is 11.3. The van der Waals surface area contributed by atoms with E-state index >= 15 is 0 Å². The lowest BCUT2D eigenvalue weighted by atomic mass is 9.63. The Morgan fingerprint density at radius 1 is 0.944 bits per heavy atom. The fourth-order valence-electron chi connectivity index (χ4n) is 6.74. The third kappa shape index (κ3) is 5.75. The third-order valence-corrected chi connectivity index (χ3v) is 8.88. The molecule has 0 aromatic heterocycles. The van der Waals surface area contributed by atoms with Gasteiger partial charge in [-0.1, -0.05) is 109 Å². The maximum atomic E-state index is 7.63. The molecule has 1 saturated carbocycles. The van der Waals surface area contributed by atoms with Crippen LogP contribution in [0.4, 0.5) is 0 Å².